The number of hydrogen-bond donors (Lipinski definition) is 1. The molecule has 2 aromatic heterocycles. The van der Waals surface area contributed by atoms with Gasteiger partial charge < -0.3 is 10.1 Å². The molecule has 4 nitrogen and oxygen atoms in total. The first-order chi connectivity index (χ1) is 9.76. The Bertz CT molecular complexity index is 739. The van der Waals surface area contributed by atoms with Crippen molar-refractivity contribution >= 4 is 27.9 Å². The molecule has 0 aliphatic heterocycles. The van der Waals surface area contributed by atoms with Crippen LogP contribution < -0.4 is 10.1 Å². The van der Waals surface area contributed by atoms with E-state index >= 15 is 0 Å². The second-order valence-electron chi connectivity index (χ2n) is 4.46. The van der Waals surface area contributed by atoms with E-state index in [9.17, 15) is 0 Å². The molecule has 20 heavy (non-hydrogen) atoms. The first-order valence-electron chi connectivity index (χ1n) is 6.34. The van der Waals surface area contributed by atoms with Gasteiger partial charge in [0.15, 0.2) is 0 Å². The normalized spacial score (nSPS) is 10.7. The summed E-state index contributed by atoms with van der Waals surface area (Å²) in [6.07, 6.45) is 1.80. The van der Waals surface area contributed by atoms with Crippen molar-refractivity contribution in [3.8, 4) is 5.75 Å². The standard InChI is InChI=1S/C15H15N3OS/c1-10-18-12(9-20-10)8-17-15-14-4-3-13(19-2)7-11(14)5-6-16-15/h3-7,9H,8H2,1-2H3,(H,16,17). The largest absolute Gasteiger partial charge is 0.497 e. The fourth-order valence-corrected chi connectivity index (χ4v) is 2.70. The van der Waals surface area contributed by atoms with Gasteiger partial charge in [0.2, 0.25) is 0 Å². The number of anilines is 1. The summed E-state index contributed by atoms with van der Waals surface area (Å²) in [5.41, 5.74) is 1.04. The highest BCUT2D eigenvalue weighted by Crippen LogP contribution is 2.25. The highest BCUT2D eigenvalue weighted by Gasteiger charge is 2.04. The molecular weight excluding hydrogens is 270 g/mol. The van der Waals surface area contributed by atoms with Gasteiger partial charge in [0.25, 0.3) is 0 Å². The Morgan fingerprint density at radius 2 is 2.20 bits per heavy atom. The fraction of sp³-hybridized carbons (Fsp3) is 0.200. The minimum Gasteiger partial charge on any atom is -0.497 e. The average molecular weight is 285 g/mol. The maximum Gasteiger partial charge on any atom is 0.134 e. The second kappa shape index (κ2) is 5.46. The number of pyridine rings is 1. The summed E-state index contributed by atoms with van der Waals surface area (Å²) < 4.78 is 5.24. The fourth-order valence-electron chi connectivity index (χ4n) is 2.09. The molecule has 0 aliphatic rings. The van der Waals surface area contributed by atoms with Crippen LogP contribution in [0.25, 0.3) is 10.8 Å². The van der Waals surface area contributed by atoms with E-state index in [1.165, 1.54) is 0 Å². The number of methoxy groups -OCH3 is 1. The van der Waals surface area contributed by atoms with E-state index in [1.807, 2.05) is 31.2 Å². The molecule has 0 unspecified atom stereocenters. The molecule has 3 rings (SSSR count). The lowest BCUT2D eigenvalue weighted by Crippen LogP contribution is -2.02. The first kappa shape index (κ1) is 12.9. The van der Waals surface area contributed by atoms with Crippen LogP contribution >= 0.6 is 11.3 Å². The number of aromatic nitrogens is 2. The van der Waals surface area contributed by atoms with E-state index < -0.39 is 0 Å². The van der Waals surface area contributed by atoms with Gasteiger partial charge in [-0.05, 0) is 36.6 Å². The van der Waals surface area contributed by atoms with Crippen molar-refractivity contribution < 1.29 is 4.74 Å². The molecule has 0 radical (unpaired) electrons. The predicted octanol–water partition coefficient (Wildman–Crippen LogP) is 3.62. The van der Waals surface area contributed by atoms with Crippen LogP contribution in [0, 0.1) is 6.92 Å². The molecule has 5 heteroatoms. The number of aryl methyl sites for hydroxylation is 1. The van der Waals surface area contributed by atoms with Crippen LogP contribution in [0.15, 0.2) is 35.8 Å². The Morgan fingerprint density at radius 1 is 1.30 bits per heavy atom. The van der Waals surface area contributed by atoms with Gasteiger partial charge in [-0.3, -0.25) is 0 Å². The summed E-state index contributed by atoms with van der Waals surface area (Å²) in [5, 5.41) is 8.69. The molecule has 3 aromatic rings. The van der Waals surface area contributed by atoms with E-state index in [1.54, 1.807) is 24.6 Å². The number of rotatable bonds is 4. The third-order valence-electron chi connectivity index (χ3n) is 3.08. The Balaban J connectivity index is 1.87. The number of benzene rings is 1. The monoisotopic (exact) mass is 285 g/mol. The van der Waals surface area contributed by atoms with Crippen LogP contribution in [-0.2, 0) is 6.54 Å². The number of hydrogen-bond acceptors (Lipinski definition) is 5. The Hall–Kier alpha value is -2.14. The molecule has 102 valence electrons. The van der Waals surface area contributed by atoms with Crippen molar-refractivity contribution in [2.75, 3.05) is 12.4 Å². The van der Waals surface area contributed by atoms with Gasteiger partial charge >= 0.3 is 0 Å². The Labute approximate surface area is 121 Å². The lowest BCUT2D eigenvalue weighted by Gasteiger charge is -2.08. The lowest BCUT2D eigenvalue weighted by molar-refractivity contribution is 0.415. The highest BCUT2D eigenvalue weighted by molar-refractivity contribution is 7.09. The first-order valence-corrected chi connectivity index (χ1v) is 7.22. The Kier molecular flexibility index (Phi) is 3.52. The summed E-state index contributed by atoms with van der Waals surface area (Å²) in [6.45, 7) is 2.69. The minimum absolute atomic E-state index is 0.683. The average Bonchev–Trinajstić information content (AvgIpc) is 2.90. The zero-order valence-electron chi connectivity index (χ0n) is 11.4. The van der Waals surface area contributed by atoms with Crippen molar-refractivity contribution in [3.05, 3.63) is 46.5 Å². The van der Waals surface area contributed by atoms with E-state index in [0.29, 0.717) is 6.54 Å². The number of nitrogens with zero attached hydrogens (tertiary/aromatic N) is 2. The zero-order chi connectivity index (χ0) is 13.9. The zero-order valence-corrected chi connectivity index (χ0v) is 12.2. The molecule has 0 fully saturated rings. The van der Waals surface area contributed by atoms with Gasteiger partial charge in [-0.2, -0.15) is 0 Å². The van der Waals surface area contributed by atoms with E-state index in [0.717, 1.165) is 33.0 Å². The van der Waals surface area contributed by atoms with E-state index in [2.05, 4.69) is 20.7 Å². The maximum absolute atomic E-state index is 5.24. The van der Waals surface area contributed by atoms with E-state index in [-0.39, 0.29) is 0 Å². The third-order valence-corrected chi connectivity index (χ3v) is 3.90. The van der Waals surface area contributed by atoms with Crippen LogP contribution in [0.4, 0.5) is 5.82 Å². The van der Waals surface area contributed by atoms with Crippen molar-refractivity contribution in [3.63, 3.8) is 0 Å². The summed E-state index contributed by atoms with van der Waals surface area (Å²) in [6, 6.07) is 7.96. The minimum atomic E-state index is 0.683. The van der Waals surface area contributed by atoms with Crippen LogP contribution in [0.1, 0.15) is 10.7 Å². The molecule has 0 saturated carbocycles. The second-order valence-corrected chi connectivity index (χ2v) is 5.52. The van der Waals surface area contributed by atoms with Crippen LogP contribution in [0.5, 0.6) is 5.75 Å². The van der Waals surface area contributed by atoms with Crippen molar-refractivity contribution in [2.45, 2.75) is 13.5 Å². The van der Waals surface area contributed by atoms with Gasteiger partial charge in [-0.15, -0.1) is 11.3 Å². The molecule has 0 amide bonds. The molecule has 0 saturated heterocycles. The van der Waals surface area contributed by atoms with Crippen molar-refractivity contribution in [1.82, 2.24) is 9.97 Å². The molecule has 0 atom stereocenters. The third kappa shape index (κ3) is 2.58. The smallest absolute Gasteiger partial charge is 0.134 e. The number of ether oxygens (including phenoxy) is 1. The van der Waals surface area contributed by atoms with Crippen LogP contribution in [0.2, 0.25) is 0 Å². The van der Waals surface area contributed by atoms with Gasteiger partial charge in [0, 0.05) is 17.0 Å². The van der Waals surface area contributed by atoms with E-state index in [4.69, 9.17) is 4.74 Å². The number of fused-ring (bicyclic) bond motifs is 1. The van der Waals surface area contributed by atoms with Gasteiger partial charge in [-0.25, -0.2) is 9.97 Å². The maximum atomic E-state index is 5.24. The summed E-state index contributed by atoms with van der Waals surface area (Å²) in [5.74, 6) is 1.72. The van der Waals surface area contributed by atoms with Crippen LogP contribution in [-0.4, -0.2) is 17.1 Å². The molecule has 2 heterocycles. The molecule has 1 aromatic carbocycles. The van der Waals surface area contributed by atoms with Crippen molar-refractivity contribution in [2.24, 2.45) is 0 Å². The molecular formula is C15H15N3OS. The summed E-state index contributed by atoms with van der Waals surface area (Å²) >= 11 is 1.66. The quantitative estimate of drug-likeness (QED) is 0.795. The molecule has 0 spiro atoms. The molecule has 0 bridgehead atoms. The van der Waals surface area contributed by atoms with Gasteiger partial charge in [-0.1, -0.05) is 0 Å². The molecule has 0 aliphatic carbocycles. The summed E-state index contributed by atoms with van der Waals surface area (Å²) in [7, 11) is 1.67. The van der Waals surface area contributed by atoms with Gasteiger partial charge in [0.1, 0.15) is 11.6 Å². The number of thiazole rings is 1. The highest BCUT2D eigenvalue weighted by atomic mass is 32.1. The molecule has 1 N–H and O–H groups in total. The summed E-state index contributed by atoms with van der Waals surface area (Å²) in [4.78, 5) is 8.85. The van der Waals surface area contributed by atoms with Gasteiger partial charge in [0.05, 0.1) is 24.4 Å². The predicted molar refractivity (Wildman–Crippen MR) is 82.5 cm³/mol. The van der Waals surface area contributed by atoms with Crippen LogP contribution in [0.3, 0.4) is 0 Å². The van der Waals surface area contributed by atoms with Crippen molar-refractivity contribution in [1.29, 1.82) is 0 Å². The lowest BCUT2D eigenvalue weighted by atomic mass is 10.1. The topological polar surface area (TPSA) is 47.0 Å². The SMILES string of the molecule is COc1ccc2c(NCc3csc(C)n3)nccc2c1. The number of nitrogens with one attached hydrogen (secondary N) is 1. The Morgan fingerprint density at radius 3 is 2.95 bits per heavy atom.